The second-order valence-corrected chi connectivity index (χ2v) is 5.16. The average molecular weight is 340 g/mol. The minimum atomic E-state index is -0.280. The smallest absolute Gasteiger partial charge is 0.248 e. The Morgan fingerprint density at radius 2 is 1.56 bits per heavy atom. The van der Waals surface area contributed by atoms with Crippen molar-refractivity contribution in [2.24, 2.45) is 0 Å². The third-order valence-corrected chi connectivity index (χ3v) is 3.32. The number of para-hydroxylation sites is 1. The highest BCUT2D eigenvalue weighted by molar-refractivity contribution is 6.02. The van der Waals surface area contributed by atoms with E-state index in [9.17, 15) is 9.59 Å². The Labute approximate surface area is 146 Å². The Balaban J connectivity index is 2.05. The third-order valence-electron chi connectivity index (χ3n) is 3.32. The number of hydrogen-bond donors (Lipinski definition) is 2. The van der Waals surface area contributed by atoms with Crippen molar-refractivity contribution in [1.29, 1.82) is 0 Å². The first-order valence-electron chi connectivity index (χ1n) is 7.61. The number of anilines is 2. The van der Waals surface area contributed by atoms with Gasteiger partial charge in [-0.2, -0.15) is 0 Å². The van der Waals surface area contributed by atoms with Crippen LogP contribution in [0.1, 0.15) is 12.5 Å². The number of methoxy groups -OCH3 is 2. The molecule has 0 unspecified atom stereocenters. The van der Waals surface area contributed by atoms with Crippen LogP contribution in [-0.2, 0) is 9.59 Å². The van der Waals surface area contributed by atoms with Crippen molar-refractivity contribution < 1.29 is 19.1 Å². The van der Waals surface area contributed by atoms with E-state index in [0.29, 0.717) is 22.9 Å². The number of hydrogen-bond acceptors (Lipinski definition) is 4. The fraction of sp³-hybridized carbons (Fsp3) is 0.158. The Kier molecular flexibility index (Phi) is 6.17. The van der Waals surface area contributed by atoms with E-state index in [4.69, 9.17) is 9.47 Å². The highest BCUT2D eigenvalue weighted by atomic mass is 16.5. The van der Waals surface area contributed by atoms with Crippen molar-refractivity contribution in [3.05, 3.63) is 54.1 Å². The van der Waals surface area contributed by atoms with Crippen molar-refractivity contribution in [3.8, 4) is 11.5 Å². The predicted octanol–water partition coefficient (Wildman–Crippen LogP) is 3.31. The minimum absolute atomic E-state index is 0.146. The Morgan fingerprint density at radius 1 is 0.920 bits per heavy atom. The Morgan fingerprint density at radius 3 is 2.12 bits per heavy atom. The van der Waals surface area contributed by atoms with Crippen molar-refractivity contribution in [1.82, 2.24) is 0 Å². The fourth-order valence-corrected chi connectivity index (χ4v) is 2.23. The molecule has 6 nitrogen and oxygen atoms in total. The van der Waals surface area contributed by atoms with Crippen molar-refractivity contribution >= 4 is 29.3 Å². The van der Waals surface area contributed by atoms with Crippen molar-refractivity contribution in [3.63, 3.8) is 0 Å². The maximum atomic E-state index is 12.1. The van der Waals surface area contributed by atoms with Gasteiger partial charge in [0.25, 0.3) is 0 Å². The van der Waals surface area contributed by atoms with Crippen LogP contribution in [0.2, 0.25) is 0 Å². The normalized spacial score (nSPS) is 10.4. The summed E-state index contributed by atoms with van der Waals surface area (Å²) in [6, 6.07) is 12.3. The van der Waals surface area contributed by atoms with Gasteiger partial charge in [-0.05, 0) is 36.4 Å². The maximum Gasteiger partial charge on any atom is 0.248 e. The van der Waals surface area contributed by atoms with Crippen molar-refractivity contribution in [2.75, 3.05) is 24.9 Å². The van der Waals surface area contributed by atoms with Gasteiger partial charge in [0, 0.05) is 29.9 Å². The maximum absolute atomic E-state index is 12.1. The largest absolute Gasteiger partial charge is 0.493 e. The molecule has 0 radical (unpaired) electrons. The molecule has 0 bridgehead atoms. The first kappa shape index (κ1) is 18.1. The number of carbonyl (C=O) groups excluding carboxylic acids is 2. The summed E-state index contributed by atoms with van der Waals surface area (Å²) in [5.74, 6) is 0.733. The van der Waals surface area contributed by atoms with Gasteiger partial charge in [-0.15, -0.1) is 0 Å². The minimum Gasteiger partial charge on any atom is -0.493 e. The van der Waals surface area contributed by atoms with Crippen LogP contribution in [0.4, 0.5) is 11.4 Å². The molecule has 0 aromatic heterocycles. The molecular formula is C19H20N2O4. The van der Waals surface area contributed by atoms with Gasteiger partial charge < -0.3 is 20.1 Å². The second-order valence-electron chi connectivity index (χ2n) is 5.16. The molecule has 0 spiro atoms. The summed E-state index contributed by atoms with van der Waals surface area (Å²) in [7, 11) is 3.11. The highest BCUT2D eigenvalue weighted by Crippen LogP contribution is 2.31. The SMILES string of the molecule is COc1cccc(/C=C/C(=O)Nc2ccc(NC(C)=O)cc2)c1OC. The lowest BCUT2D eigenvalue weighted by atomic mass is 10.1. The molecule has 0 heterocycles. The molecule has 2 amide bonds. The van der Waals surface area contributed by atoms with E-state index in [1.165, 1.54) is 13.0 Å². The number of ether oxygens (including phenoxy) is 2. The van der Waals surface area contributed by atoms with E-state index in [0.717, 1.165) is 5.56 Å². The molecule has 130 valence electrons. The molecule has 2 aromatic carbocycles. The monoisotopic (exact) mass is 340 g/mol. The molecule has 0 aliphatic carbocycles. The Bertz CT molecular complexity index is 783. The van der Waals surface area contributed by atoms with E-state index in [-0.39, 0.29) is 11.8 Å². The highest BCUT2D eigenvalue weighted by Gasteiger charge is 2.07. The summed E-state index contributed by atoms with van der Waals surface area (Å²) in [6.07, 6.45) is 3.07. The van der Waals surface area contributed by atoms with Gasteiger partial charge in [0.2, 0.25) is 11.8 Å². The summed E-state index contributed by atoms with van der Waals surface area (Å²) in [4.78, 5) is 23.0. The number of nitrogens with one attached hydrogen (secondary N) is 2. The van der Waals surface area contributed by atoms with Crippen LogP contribution in [0.3, 0.4) is 0 Å². The predicted molar refractivity (Wildman–Crippen MR) is 98.0 cm³/mol. The molecule has 0 fully saturated rings. The summed E-state index contributed by atoms with van der Waals surface area (Å²) < 4.78 is 10.5. The lowest BCUT2D eigenvalue weighted by Gasteiger charge is -2.09. The zero-order chi connectivity index (χ0) is 18.2. The topological polar surface area (TPSA) is 76.7 Å². The zero-order valence-electron chi connectivity index (χ0n) is 14.3. The summed E-state index contributed by atoms with van der Waals surface area (Å²) >= 11 is 0. The first-order chi connectivity index (χ1) is 12.0. The van der Waals surface area contributed by atoms with E-state index < -0.39 is 0 Å². The van der Waals surface area contributed by atoms with E-state index >= 15 is 0 Å². The van der Waals surface area contributed by atoms with Crippen LogP contribution in [0.15, 0.2) is 48.5 Å². The number of rotatable bonds is 6. The van der Waals surface area contributed by atoms with Gasteiger partial charge in [0.15, 0.2) is 11.5 Å². The standard InChI is InChI=1S/C19H20N2O4/c1-13(22)20-15-8-10-16(11-9-15)21-18(23)12-7-14-5-4-6-17(24-2)19(14)25-3/h4-12H,1-3H3,(H,20,22)(H,21,23)/b12-7+. The molecule has 0 atom stereocenters. The zero-order valence-corrected chi connectivity index (χ0v) is 14.3. The molecule has 25 heavy (non-hydrogen) atoms. The molecular weight excluding hydrogens is 320 g/mol. The van der Waals surface area contributed by atoms with Crippen molar-refractivity contribution in [2.45, 2.75) is 6.92 Å². The van der Waals surface area contributed by atoms with Crippen LogP contribution in [0, 0.1) is 0 Å². The van der Waals surface area contributed by atoms with E-state index in [1.54, 1.807) is 50.6 Å². The summed E-state index contributed by atoms with van der Waals surface area (Å²) in [5.41, 5.74) is 2.03. The first-order valence-corrected chi connectivity index (χ1v) is 7.61. The van der Waals surface area contributed by atoms with Crippen LogP contribution in [0.25, 0.3) is 6.08 Å². The summed E-state index contributed by atoms with van der Waals surface area (Å²) in [6.45, 7) is 1.44. The molecule has 0 aliphatic heterocycles. The van der Waals surface area contributed by atoms with Crippen LogP contribution in [0.5, 0.6) is 11.5 Å². The van der Waals surface area contributed by atoms with Gasteiger partial charge in [0.05, 0.1) is 14.2 Å². The molecule has 6 heteroatoms. The van der Waals surface area contributed by atoms with Crippen LogP contribution < -0.4 is 20.1 Å². The molecule has 0 saturated heterocycles. The van der Waals surface area contributed by atoms with Gasteiger partial charge in [0.1, 0.15) is 0 Å². The molecule has 2 N–H and O–H groups in total. The lowest BCUT2D eigenvalue weighted by molar-refractivity contribution is -0.114. The summed E-state index contributed by atoms with van der Waals surface area (Å²) in [5, 5.41) is 5.41. The molecule has 2 rings (SSSR count). The van der Waals surface area contributed by atoms with E-state index in [1.807, 2.05) is 12.1 Å². The number of benzene rings is 2. The van der Waals surface area contributed by atoms with Gasteiger partial charge in [-0.3, -0.25) is 9.59 Å². The molecule has 0 saturated carbocycles. The van der Waals surface area contributed by atoms with Gasteiger partial charge >= 0.3 is 0 Å². The fourth-order valence-electron chi connectivity index (χ4n) is 2.23. The van der Waals surface area contributed by atoms with Crippen LogP contribution >= 0.6 is 0 Å². The lowest BCUT2D eigenvalue weighted by Crippen LogP contribution is -2.08. The number of amides is 2. The molecule has 2 aromatic rings. The van der Waals surface area contributed by atoms with E-state index in [2.05, 4.69) is 10.6 Å². The van der Waals surface area contributed by atoms with Gasteiger partial charge in [-0.1, -0.05) is 12.1 Å². The number of carbonyl (C=O) groups is 2. The molecule has 0 aliphatic rings. The van der Waals surface area contributed by atoms with Crippen LogP contribution in [-0.4, -0.2) is 26.0 Å². The second kappa shape index (κ2) is 8.54. The third kappa shape index (κ3) is 5.10. The quantitative estimate of drug-likeness (QED) is 0.791. The van der Waals surface area contributed by atoms with Gasteiger partial charge in [-0.25, -0.2) is 0 Å². The Hall–Kier alpha value is -3.28. The average Bonchev–Trinajstić information content (AvgIpc) is 2.60.